The first-order valence-corrected chi connectivity index (χ1v) is 7.97. The average molecular weight is 330 g/mol. The van der Waals surface area contributed by atoms with Crippen LogP contribution in [-0.2, 0) is 5.41 Å². The molecule has 0 radical (unpaired) electrons. The lowest BCUT2D eigenvalue weighted by molar-refractivity contribution is 0.406. The number of hydrogen-bond acceptors (Lipinski definition) is 1. The Morgan fingerprint density at radius 1 is 1.05 bits per heavy atom. The van der Waals surface area contributed by atoms with E-state index in [9.17, 15) is 0 Å². The van der Waals surface area contributed by atoms with E-state index >= 15 is 0 Å². The van der Waals surface area contributed by atoms with Crippen LogP contribution < -0.4 is 5.32 Å². The second-order valence-electron chi connectivity index (χ2n) is 6.21. The second-order valence-corrected chi connectivity index (χ2v) is 7.13. The molecule has 0 spiro atoms. The summed E-state index contributed by atoms with van der Waals surface area (Å²) in [5.41, 5.74) is 4.41. The van der Waals surface area contributed by atoms with Crippen LogP contribution in [0.5, 0.6) is 0 Å². The molecule has 0 amide bonds. The average Bonchev–Trinajstić information content (AvgIpc) is 2.45. The summed E-state index contributed by atoms with van der Waals surface area (Å²) >= 11 is 3.48. The van der Waals surface area contributed by atoms with Crippen molar-refractivity contribution in [1.29, 1.82) is 0 Å². The first-order chi connectivity index (χ1) is 9.56. The molecule has 2 aromatic rings. The molecule has 1 N–H and O–H groups in total. The van der Waals surface area contributed by atoms with E-state index in [0.717, 1.165) is 4.47 Å². The van der Waals surface area contributed by atoms with Gasteiger partial charge in [-0.15, -0.1) is 0 Å². The maximum Gasteiger partial charge on any atom is 0.0517 e. The molecule has 1 nitrogen and oxygen atoms in total. The zero-order valence-electron chi connectivity index (χ0n) is 12.0. The highest BCUT2D eigenvalue weighted by molar-refractivity contribution is 9.10. The highest BCUT2D eigenvalue weighted by Crippen LogP contribution is 2.42. The van der Waals surface area contributed by atoms with Crippen LogP contribution in [0.25, 0.3) is 0 Å². The normalized spacial score (nSPS) is 20.2. The Morgan fingerprint density at radius 2 is 1.75 bits per heavy atom. The summed E-state index contributed by atoms with van der Waals surface area (Å²) in [6.07, 6.45) is 2.40. The predicted molar refractivity (Wildman–Crippen MR) is 89.2 cm³/mol. The van der Waals surface area contributed by atoms with Crippen LogP contribution >= 0.6 is 15.9 Å². The van der Waals surface area contributed by atoms with Crippen LogP contribution in [0.1, 0.15) is 43.9 Å². The van der Waals surface area contributed by atoms with Crippen LogP contribution in [-0.4, -0.2) is 0 Å². The summed E-state index contributed by atoms with van der Waals surface area (Å²) in [5.74, 6) is 0. The first-order valence-electron chi connectivity index (χ1n) is 7.18. The predicted octanol–water partition coefficient (Wildman–Crippen LogP) is 5.67. The molecular weight excluding hydrogens is 310 g/mol. The number of hydrogen-bond donors (Lipinski definition) is 1. The molecule has 0 heterocycles. The Morgan fingerprint density at radius 3 is 2.50 bits per heavy atom. The van der Waals surface area contributed by atoms with Crippen molar-refractivity contribution in [2.75, 3.05) is 5.32 Å². The van der Waals surface area contributed by atoms with Crippen molar-refractivity contribution in [3.63, 3.8) is 0 Å². The molecule has 0 fully saturated rings. The second kappa shape index (κ2) is 5.25. The molecule has 0 saturated carbocycles. The van der Waals surface area contributed by atoms with Gasteiger partial charge in [-0.05, 0) is 53.6 Å². The maximum atomic E-state index is 3.68. The molecule has 2 aromatic carbocycles. The standard InChI is InChI=1S/C18H20BrN/c1-18(2)12-11-17(15-5-3-4-6-16(15)18)20-14-9-7-13(19)8-10-14/h3-10,17,20H,11-12H2,1-2H3. The lowest BCUT2D eigenvalue weighted by Crippen LogP contribution is -2.29. The van der Waals surface area contributed by atoms with Gasteiger partial charge in [0.2, 0.25) is 0 Å². The van der Waals surface area contributed by atoms with Gasteiger partial charge in [-0.3, -0.25) is 0 Å². The minimum Gasteiger partial charge on any atom is -0.378 e. The third-order valence-electron chi connectivity index (χ3n) is 4.31. The van der Waals surface area contributed by atoms with Gasteiger partial charge in [-0.2, -0.15) is 0 Å². The van der Waals surface area contributed by atoms with Crippen molar-refractivity contribution in [2.45, 2.75) is 38.1 Å². The van der Waals surface area contributed by atoms with E-state index in [4.69, 9.17) is 0 Å². The van der Waals surface area contributed by atoms with Crippen LogP contribution in [0.2, 0.25) is 0 Å². The topological polar surface area (TPSA) is 12.0 Å². The molecule has 0 aliphatic heterocycles. The molecule has 0 bridgehead atoms. The van der Waals surface area contributed by atoms with Gasteiger partial charge in [0.15, 0.2) is 0 Å². The zero-order valence-corrected chi connectivity index (χ0v) is 13.6. The van der Waals surface area contributed by atoms with Crippen LogP contribution in [0.4, 0.5) is 5.69 Å². The largest absolute Gasteiger partial charge is 0.378 e. The summed E-state index contributed by atoms with van der Waals surface area (Å²) in [4.78, 5) is 0. The fourth-order valence-electron chi connectivity index (χ4n) is 3.11. The molecule has 3 rings (SSSR count). The van der Waals surface area contributed by atoms with E-state index in [1.54, 1.807) is 0 Å². The van der Waals surface area contributed by atoms with Gasteiger partial charge in [0.1, 0.15) is 0 Å². The fourth-order valence-corrected chi connectivity index (χ4v) is 3.37. The van der Waals surface area contributed by atoms with Gasteiger partial charge in [0.25, 0.3) is 0 Å². The van der Waals surface area contributed by atoms with Gasteiger partial charge >= 0.3 is 0 Å². The maximum absolute atomic E-state index is 3.68. The Labute approximate surface area is 129 Å². The molecule has 1 unspecified atom stereocenters. The Kier molecular flexibility index (Phi) is 3.59. The number of rotatable bonds is 2. The van der Waals surface area contributed by atoms with E-state index in [-0.39, 0.29) is 5.41 Å². The third kappa shape index (κ3) is 2.62. The SMILES string of the molecule is CC1(C)CCC(Nc2ccc(Br)cc2)c2ccccc21. The van der Waals surface area contributed by atoms with Crippen molar-refractivity contribution >= 4 is 21.6 Å². The molecule has 1 aliphatic rings. The zero-order chi connectivity index (χ0) is 14.2. The molecule has 2 heteroatoms. The van der Waals surface area contributed by atoms with E-state index in [1.165, 1.54) is 29.7 Å². The van der Waals surface area contributed by atoms with Crippen molar-refractivity contribution in [3.8, 4) is 0 Å². The van der Waals surface area contributed by atoms with E-state index in [1.807, 2.05) is 0 Å². The number of benzene rings is 2. The molecular formula is C18H20BrN. The van der Waals surface area contributed by atoms with Gasteiger partial charge in [-0.25, -0.2) is 0 Å². The smallest absolute Gasteiger partial charge is 0.0517 e. The van der Waals surface area contributed by atoms with Crippen LogP contribution in [0.15, 0.2) is 53.0 Å². The molecule has 20 heavy (non-hydrogen) atoms. The summed E-state index contributed by atoms with van der Waals surface area (Å²) in [6.45, 7) is 4.70. The van der Waals surface area contributed by atoms with E-state index in [0.29, 0.717) is 6.04 Å². The Bertz CT molecular complexity index is 601. The molecule has 1 atom stereocenters. The highest BCUT2D eigenvalue weighted by Gasteiger charge is 2.32. The molecule has 0 aromatic heterocycles. The van der Waals surface area contributed by atoms with Crippen molar-refractivity contribution < 1.29 is 0 Å². The number of anilines is 1. The summed E-state index contributed by atoms with van der Waals surface area (Å²) in [6, 6.07) is 17.7. The number of fused-ring (bicyclic) bond motifs is 1. The fraction of sp³-hybridized carbons (Fsp3) is 0.333. The third-order valence-corrected chi connectivity index (χ3v) is 4.84. The molecule has 0 saturated heterocycles. The van der Waals surface area contributed by atoms with Crippen molar-refractivity contribution in [3.05, 3.63) is 64.1 Å². The van der Waals surface area contributed by atoms with Crippen LogP contribution in [0.3, 0.4) is 0 Å². The van der Waals surface area contributed by atoms with E-state index < -0.39 is 0 Å². The van der Waals surface area contributed by atoms with Gasteiger partial charge in [-0.1, -0.05) is 54.0 Å². The summed E-state index contributed by atoms with van der Waals surface area (Å²) in [7, 11) is 0. The minimum atomic E-state index is 0.286. The Balaban J connectivity index is 1.90. The summed E-state index contributed by atoms with van der Waals surface area (Å²) in [5, 5.41) is 3.68. The lowest BCUT2D eigenvalue weighted by Gasteiger charge is -2.37. The highest BCUT2D eigenvalue weighted by atomic mass is 79.9. The van der Waals surface area contributed by atoms with Gasteiger partial charge in [0, 0.05) is 10.2 Å². The quantitative estimate of drug-likeness (QED) is 0.748. The number of halogens is 1. The van der Waals surface area contributed by atoms with E-state index in [2.05, 4.69) is 83.6 Å². The monoisotopic (exact) mass is 329 g/mol. The minimum absolute atomic E-state index is 0.286. The Hall–Kier alpha value is -1.28. The van der Waals surface area contributed by atoms with Crippen LogP contribution in [0, 0.1) is 0 Å². The molecule has 1 aliphatic carbocycles. The lowest BCUT2D eigenvalue weighted by atomic mass is 9.71. The number of nitrogens with one attached hydrogen (secondary N) is 1. The first kappa shape index (κ1) is 13.7. The van der Waals surface area contributed by atoms with Crippen molar-refractivity contribution in [1.82, 2.24) is 0 Å². The molecule has 104 valence electrons. The van der Waals surface area contributed by atoms with Gasteiger partial charge in [0.05, 0.1) is 6.04 Å². The van der Waals surface area contributed by atoms with Crippen molar-refractivity contribution in [2.24, 2.45) is 0 Å². The summed E-state index contributed by atoms with van der Waals surface area (Å²) < 4.78 is 1.12. The van der Waals surface area contributed by atoms with Gasteiger partial charge < -0.3 is 5.32 Å².